The molecule has 41 heavy (non-hydrogen) atoms. The number of urea groups is 1. The summed E-state index contributed by atoms with van der Waals surface area (Å²) in [6.07, 6.45) is 1.53. The highest BCUT2D eigenvalue weighted by atomic mass is 32.1. The molecule has 12 heteroatoms. The summed E-state index contributed by atoms with van der Waals surface area (Å²) in [6, 6.07) is 9.32. The molecule has 0 aliphatic rings. The number of pyridine rings is 1. The highest BCUT2D eigenvalue weighted by molar-refractivity contribution is 7.09. The van der Waals surface area contributed by atoms with Gasteiger partial charge < -0.3 is 25.2 Å². The van der Waals surface area contributed by atoms with Crippen molar-refractivity contribution in [3.05, 3.63) is 76.0 Å². The van der Waals surface area contributed by atoms with Crippen LogP contribution in [0.5, 0.6) is 0 Å². The minimum Gasteiger partial charge on any atom is -0.444 e. The third kappa shape index (κ3) is 10.8. The SMILES string of the molecule is CN(C)CCN(Cc1ccc(C(=O)Nc2cscc2NC(=O)OC(C)(C)C)nc1)C(=O)NCCc1ccc(F)cc1. The van der Waals surface area contributed by atoms with Crippen molar-refractivity contribution in [3.8, 4) is 0 Å². The molecule has 10 nitrogen and oxygen atoms in total. The Morgan fingerprint density at radius 1 is 0.951 bits per heavy atom. The minimum absolute atomic E-state index is 0.187. The van der Waals surface area contributed by atoms with Gasteiger partial charge in [-0.05, 0) is 70.6 Å². The molecule has 0 bridgehead atoms. The number of nitrogens with zero attached hydrogens (tertiary/aromatic N) is 3. The number of aromatic nitrogens is 1. The fourth-order valence-electron chi connectivity index (χ4n) is 3.61. The number of thiophene rings is 1. The topological polar surface area (TPSA) is 116 Å². The maximum absolute atomic E-state index is 13.1. The lowest BCUT2D eigenvalue weighted by Crippen LogP contribution is -2.43. The van der Waals surface area contributed by atoms with E-state index in [0.29, 0.717) is 44.0 Å². The predicted molar refractivity (Wildman–Crippen MR) is 159 cm³/mol. The van der Waals surface area contributed by atoms with Crippen molar-refractivity contribution in [1.82, 2.24) is 20.1 Å². The van der Waals surface area contributed by atoms with Crippen LogP contribution in [0.1, 0.15) is 42.4 Å². The Hall–Kier alpha value is -4.03. The number of halogens is 1. The second-order valence-corrected chi connectivity index (χ2v) is 11.4. The number of hydrogen-bond donors (Lipinski definition) is 3. The minimum atomic E-state index is -0.651. The first-order valence-corrected chi connectivity index (χ1v) is 14.1. The number of anilines is 2. The Morgan fingerprint density at radius 2 is 1.61 bits per heavy atom. The lowest BCUT2D eigenvalue weighted by Gasteiger charge is -2.25. The molecule has 220 valence electrons. The number of carbonyl (C=O) groups is 3. The fourth-order valence-corrected chi connectivity index (χ4v) is 4.33. The Labute approximate surface area is 243 Å². The molecule has 0 spiro atoms. The molecule has 3 rings (SSSR count). The molecule has 0 fully saturated rings. The Kier molecular flexibility index (Phi) is 11.2. The van der Waals surface area contributed by atoms with Crippen LogP contribution in [-0.2, 0) is 17.7 Å². The highest BCUT2D eigenvalue weighted by Gasteiger charge is 2.19. The number of hydrogen-bond acceptors (Lipinski definition) is 7. The molecule has 0 radical (unpaired) electrons. The van der Waals surface area contributed by atoms with Crippen molar-refractivity contribution in [3.63, 3.8) is 0 Å². The number of carbonyl (C=O) groups excluding carboxylic acids is 3. The van der Waals surface area contributed by atoms with E-state index >= 15 is 0 Å². The van der Waals surface area contributed by atoms with Gasteiger partial charge in [0.1, 0.15) is 17.1 Å². The van der Waals surface area contributed by atoms with Gasteiger partial charge in [0, 0.05) is 43.1 Å². The van der Waals surface area contributed by atoms with Gasteiger partial charge in [-0.15, -0.1) is 11.3 Å². The lowest BCUT2D eigenvalue weighted by molar-refractivity contribution is 0.0635. The summed E-state index contributed by atoms with van der Waals surface area (Å²) >= 11 is 1.32. The summed E-state index contributed by atoms with van der Waals surface area (Å²) in [6.45, 7) is 7.17. The molecule has 4 amide bonds. The van der Waals surface area contributed by atoms with Gasteiger partial charge in [-0.3, -0.25) is 15.1 Å². The molecule has 0 saturated carbocycles. The van der Waals surface area contributed by atoms with Crippen molar-refractivity contribution in [1.29, 1.82) is 0 Å². The average Bonchev–Trinajstić information content (AvgIpc) is 3.32. The molecule has 3 aromatic rings. The van der Waals surface area contributed by atoms with E-state index in [9.17, 15) is 18.8 Å². The van der Waals surface area contributed by atoms with E-state index < -0.39 is 17.6 Å². The summed E-state index contributed by atoms with van der Waals surface area (Å²) in [7, 11) is 3.86. The average molecular weight is 585 g/mol. The Bertz CT molecular complexity index is 1310. The first-order chi connectivity index (χ1) is 19.4. The van der Waals surface area contributed by atoms with E-state index in [1.54, 1.807) is 66.9 Å². The van der Waals surface area contributed by atoms with Crippen molar-refractivity contribution >= 4 is 40.7 Å². The van der Waals surface area contributed by atoms with Crippen LogP contribution < -0.4 is 16.0 Å². The van der Waals surface area contributed by atoms with E-state index in [4.69, 9.17) is 4.74 Å². The smallest absolute Gasteiger partial charge is 0.412 e. The third-order valence-electron chi connectivity index (χ3n) is 5.68. The van der Waals surface area contributed by atoms with Gasteiger partial charge in [0.2, 0.25) is 0 Å². The third-order valence-corrected chi connectivity index (χ3v) is 6.43. The monoisotopic (exact) mass is 584 g/mol. The number of amides is 4. The highest BCUT2D eigenvalue weighted by Crippen LogP contribution is 2.27. The van der Waals surface area contributed by atoms with Gasteiger partial charge in [0.25, 0.3) is 5.91 Å². The molecule has 0 atom stereocenters. The predicted octanol–water partition coefficient (Wildman–Crippen LogP) is 5.20. The molecule has 1 aromatic carbocycles. The lowest BCUT2D eigenvalue weighted by atomic mass is 10.1. The Morgan fingerprint density at radius 3 is 2.22 bits per heavy atom. The van der Waals surface area contributed by atoms with Gasteiger partial charge >= 0.3 is 12.1 Å². The standard InChI is InChI=1S/C29H37FN6O4S/c1-29(2,3)40-28(39)34-25-19-41-18-24(25)33-26(37)23-11-8-21(16-32-23)17-36(15-14-35(4)5)27(38)31-13-12-20-6-9-22(30)10-7-20/h6-11,16,18-19H,12-15,17H2,1-5H3,(H,31,38)(H,33,37)(H,34,39). The number of rotatable bonds is 11. The molecular weight excluding hydrogens is 547 g/mol. The van der Waals surface area contributed by atoms with Gasteiger partial charge in [-0.25, -0.2) is 14.0 Å². The maximum Gasteiger partial charge on any atom is 0.412 e. The molecule has 2 aromatic heterocycles. The van der Waals surface area contributed by atoms with Gasteiger partial charge in [-0.2, -0.15) is 0 Å². The van der Waals surface area contributed by atoms with Crippen molar-refractivity contribution in [2.75, 3.05) is 44.4 Å². The summed E-state index contributed by atoms with van der Waals surface area (Å²) in [5.41, 5.74) is 2.09. The van der Waals surface area contributed by atoms with Crippen LogP contribution in [0, 0.1) is 5.82 Å². The van der Waals surface area contributed by atoms with Gasteiger partial charge in [-0.1, -0.05) is 18.2 Å². The van der Waals surface area contributed by atoms with Crippen LogP contribution >= 0.6 is 11.3 Å². The summed E-state index contributed by atoms with van der Waals surface area (Å²) in [4.78, 5) is 45.9. The van der Waals surface area contributed by atoms with Gasteiger partial charge in [0.05, 0.1) is 11.4 Å². The molecule has 0 unspecified atom stereocenters. The molecule has 0 saturated heterocycles. The van der Waals surface area contributed by atoms with E-state index in [2.05, 4.69) is 20.9 Å². The molecular formula is C29H37FN6O4S. The normalized spacial score (nSPS) is 11.2. The maximum atomic E-state index is 13.1. The number of nitrogens with one attached hydrogen (secondary N) is 3. The van der Waals surface area contributed by atoms with Crippen molar-refractivity contribution in [2.45, 2.75) is 39.3 Å². The molecule has 3 N–H and O–H groups in total. The van der Waals surface area contributed by atoms with E-state index in [0.717, 1.165) is 11.1 Å². The molecule has 0 aliphatic carbocycles. The zero-order valence-corrected chi connectivity index (χ0v) is 24.8. The fraction of sp³-hybridized carbons (Fsp3) is 0.379. The summed E-state index contributed by atoms with van der Waals surface area (Å²) < 4.78 is 18.4. The van der Waals surface area contributed by atoms with Crippen LogP contribution in [0.4, 0.5) is 25.4 Å². The number of benzene rings is 1. The molecule has 0 aliphatic heterocycles. The van der Waals surface area contributed by atoms with Crippen molar-refractivity contribution in [2.24, 2.45) is 0 Å². The first kappa shape index (κ1) is 31.5. The van der Waals surface area contributed by atoms with E-state index in [-0.39, 0.29) is 17.5 Å². The Balaban J connectivity index is 1.58. The van der Waals surface area contributed by atoms with E-state index in [1.807, 2.05) is 19.0 Å². The first-order valence-electron chi connectivity index (χ1n) is 13.1. The van der Waals surface area contributed by atoms with Crippen LogP contribution in [0.15, 0.2) is 53.4 Å². The van der Waals surface area contributed by atoms with Crippen LogP contribution in [0.25, 0.3) is 0 Å². The van der Waals surface area contributed by atoms with Crippen LogP contribution in [-0.4, -0.2) is 72.1 Å². The second-order valence-electron chi connectivity index (χ2n) is 10.7. The summed E-state index contributed by atoms with van der Waals surface area (Å²) in [5, 5.41) is 11.7. The van der Waals surface area contributed by atoms with Crippen LogP contribution in [0.3, 0.4) is 0 Å². The van der Waals surface area contributed by atoms with Crippen LogP contribution in [0.2, 0.25) is 0 Å². The number of ether oxygens (including phenoxy) is 1. The van der Waals surface area contributed by atoms with Crippen molar-refractivity contribution < 1.29 is 23.5 Å². The molecule has 2 heterocycles. The van der Waals surface area contributed by atoms with E-state index in [1.165, 1.54) is 23.5 Å². The quantitative estimate of drug-likeness (QED) is 0.286. The largest absolute Gasteiger partial charge is 0.444 e. The summed E-state index contributed by atoms with van der Waals surface area (Å²) in [5.74, 6) is -0.735. The second kappa shape index (κ2) is 14.6. The zero-order chi connectivity index (χ0) is 30.0. The zero-order valence-electron chi connectivity index (χ0n) is 24.0. The number of likely N-dealkylation sites (N-methyl/N-ethyl adjacent to an activating group) is 1. The van der Waals surface area contributed by atoms with Gasteiger partial charge in [0.15, 0.2) is 0 Å².